The lowest BCUT2D eigenvalue weighted by atomic mass is 10.1. The van der Waals surface area contributed by atoms with E-state index in [0.717, 1.165) is 19.6 Å². The molecule has 3 nitrogen and oxygen atoms in total. The number of hydrogen-bond acceptors (Lipinski definition) is 3. The molecular formula is C9H19NO2. The van der Waals surface area contributed by atoms with Gasteiger partial charge in [0.15, 0.2) is 0 Å². The molecule has 0 amide bonds. The Morgan fingerprint density at radius 3 is 3.00 bits per heavy atom. The van der Waals surface area contributed by atoms with E-state index in [1.807, 2.05) is 0 Å². The van der Waals surface area contributed by atoms with Crippen LogP contribution in [0.2, 0.25) is 0 Å². The van der Waals surface area contributed by atoms with Crippen LogP contribution < -0.4 is 5.32 Å². The van der Waals surface area contributed by atoms with Crippen LogP contribution in [0.1, 0.15) is 25.7 Å². The Bertz CT molecular complexity index is 103. The summed E-state index contributed by atoms with van der Waals surface area (Å²) in [7, 11) is 0. The lowest BCUT2D eigenvalue weighted by Gasteiger charge is -2.23. The summed E-state index contributed by atoms with van der Waals surface area (Å²) in [6.45, 7) is 2.86. The van der Waals surface area contributed by atoms with Gasteiger partial charge >= 0.3 is 0 Å². The lowest BCUT2D eigenvalue weighted by Crippen LogP contribution is -2.37. The van der Waals surface area contributed by atoms with Crippen molar-refractivity contribution in [1.82, 2.24) is 5.32 Å². The monoisotopic (exact) mass is 173 g/mol. The summed E-state index contributed by atoms with van der Waals surface area (Å²) in [4.78, 5) is 0. The molecule has 1 aliphatic heterocycles. The minimum atomic E-state index is 0.234. The maximum atomic E-state index is 8.51. The van der Waals surface area contributed by atoms with Crippen LogP contribution in [0.25, 0.3) is 0 Å². The number of aliphatic hydroxyl groups is 1. The van der Waals surface area contributed by atoms with Crippen LogP contribution in [-0.2, 0) is 4.74 Å². The SMILES string of the molecule is OCCCOCC1CCCCN1. The van der Waals surface area contributed by atoms with Gasteiger partial charge in [-0.3, -0.25) is 0 Å². The maximum absolute atomic E-state index is 8.51. The van der Waals surface area contributed by atoms with Gasteiger partial charge < -0.3 is 15.2 Å². The van der Waals surface area contributed by atoms with Crippen molar-refractivity contribution in [3.8, 4) is 0 Å². The van der Waals surface area contributed by atoms with Crippen molar-refractivity contribution in [3.05, 3.63) is 0 Å². The summed E-state index contributed by atoms with van der Waals surface area (Å²) in [5.41, 5.74) is 0. The van der Waals surface area contributed by atoms with Gasteiger partial charge in [0.05, 0.1) is 6.61 Å². The molecule has 1 atom stereocenters. The van der Waals surface area contributed by atoms with Crippen molar-refractivity contribution < 1.29 is 9.84 Å². The van der Waals surface area contributed by atoms with Crippen molar-refractivity contribution >= 4 is 0 Å². The highest BCUT2D eigenvalue weighted by Crippen LogP contribution is 2.06. The van der Waals surface area contributed by atoms with Gasteiger partial charge in [-0.1, -0.05) is 6.42 Å². The predicted octanol–water partition coefficient (Wildman–Crippen LogP) is 0.527. The summed E-state index contributed by atoms with van der Waals surface area (Å²) in [6, 6.07) is 0.553. The van der Waals surface area contributed by atoms with Gasteiger partial charge in [-0.05, 0) is 25.8 Å². The van der Waals surface area contributed by atoms with Crippen LogP contribution >= 0.6 is 0 Å². The highest BCUT2D eigenvalue weighted by molar-refractivity contribution is 4.71. The maximum Gasteiger partial charge on any atom is 0.0619 e. The summed E-state index contributed by atoms with van der Waals surface area (Å²) in [6.07, 6.45) is 4.61. The second-order valence-electron chi connectivity index (χ2n) is 3.30. The quantitative estimate of drug-likeness (QED) is 0.596. The molecule has 1 aliphatic rings. The fraction of sp³-hybridized carbons (Fsp3) is 1.00. The molecule has 12 heavy (non-hydrogen) atoms. The molecule has 1 rings (SSSR count). The third-order valence-electron chi connectivity index (χ3n) is 2.18. The predicted molar refractivity (Wildman–Crippen MR) is 48.2 cm³/mol. The average molecular weight is 173 g/mol. The zero-order chi connectivity index (χ0) is 8.65. The summed E-state index contributed by atoms with van der Waals surface area (Å²) in [5.74, 6) is 0. The average Bonchev–Trinajstić information content (AvgIpc) is 2.14. The molecule has 1 saturated heterocycles. The number of ether oxygens (including phenoxy) is 1. The number of hydrogen-bond donors (Lipinski definition) is 2. The van der Waals surface area contributed by atoms with E-state index in [1.54, 1.807) is 0 Å². The molecule has 1 heterocycles. The molecule has 0 aliphatic carbocycles. The summed E-state index contributed by atoms with van der Waals surface area (Å²) < 4.78 is 5.39. The standard InChI is InChI=1S/C9H19NO2/c11-6-3-7-12-8-9-4-1-2-5-10-9/h9-11H,1-8H2. The van der Waals surface area contributed by atoms with Crippen molar-refractivity contribution in [2.24, 2.45) is 0 Å². The number of aliphatic hydroxyl groups excluding tert-OH is 1. The third-order valence-corrected chi connectivity index (χ3v) is 2.18. The van der Waals surface area contributed by atoms with Gasteiger partial charge in [-0.25, -0.2) is 0 Å². The van der Waals surface area contributed by atoms with E-state index < -0.39 is 0 Å². The number of rotatable bonds is 5. The van der Waals surface area contributed by atoms with Crippen LogP contribution in [0.3, 0.4) is 0 Å². The Hall–Kier alpha value is -0.120. The summed E-state index contributed by atoms with van der Waals surface area (Å²) >= 11 is 0. The highest BCUT2D eigenvalue weighted by Gasteiger charge is 2.11. The molecule has 0 saturated carbocycles. The smallest absolute Gasteiger partial charge is 0.0619 e. The molecule has 0 aromatic rings. The first-order valence-corrected chi connectivity index (χ1v) is 4.85. The van der Waals surface area contributed by atoms with Crippen LogP contribution in [0.5, 0.6) is 0 Å². The Balaban J connectivity index is 1.91. The molecule has 1 unspecified atom stereocenters. The van der Waals surface area contributed by atoms with Crippen molar-refractivity contribution in [2.75, 3.05) is 26.4 Å². The molecule has 0 bridgehead atoms. The van der Waals surface area contributed by atoms with Gasteiger partial charge in [-0.15, -0.1) is 0 Å². The summed E-state index contributed by atoms with van der Waals surface area (Å²) in [5, 5.41) is 11.9. The first-order valence-electron chi connectivity index (χ1n) is 4.85. The fourth-order valence-electron chi connectivity index (χ4n) is 1.46. The Morgan fingerprint density at radius 1 is 1.42 bits per heavy atom. The molecule has 2 N–H and O–H groups in total. The normalized spacial score (nSPS) is 24.2. The van der Waals surface area contributed by atoms with Crippen molar-refractivity contribution in [1.29, 1.82) is 0 Å². The topological polar surface area (TPSA) is 41.5 Å². The first-order chi connectivity index (χ1) is 5.93. The molecule has 3 heteroatoms. The molecule has 0 aromatic carbocycles. The zero-order valence-electron chi connectivity index (χ0n) is 7.59. The molecular weight excluding hydrogens is 154 g/mol. The van der Waals surface area contributed by atoms with Crippen LogP contribution in [-0.4, -0.2) is 37.5 Å². The number of piperidine rings is 1. The van der Waals surface area contributed by atoms with E-state index >= 15 is 0 Å². The Morgan fingerprint density at radius 2 is 2.33 bits per heavy atom. The van der Waals surface area contributed by atoms with E-state index in [1.165, 1.54) is 19.3 Å². The van der Waals surface area contributed by atoms with Crippen molar-refractivity contribution in [2.45, 2.75) is 31.7 Å². The molecule has 72 valence electrons. The molecule has 1 fully saturated rings. The van der Waals surface area contributed by atoms with E-state index in [0.29, 0.717) is 12.6 Å². The number of nitrogens with one attached hydrogen (secondary N) is 1. The molecule has 0 aromatic heterocycles. The van der Waals surface area contributed by atoms with E-state index in [4.69, 9.17) is 9.84 Å². The minimum Gasteiger partial charge on any atom is -0.396 e. The van der Waals surface area contributed by atoms with Gasteiger partial charge in [0.1, 0.15) is 0 Å². The van der Waals surface area contributed by atoms with Gasteiger partial charge in [0.2, 0.25) is 0 Å². The second-order valence-corrected chi connectivity index (χ2v) is 3.30. The van der Waals surface area contributed by atoms with E-state index in [-0.39, 0.29) is 6.61 Å². The minimum absolute atomic E-state index is 0.234. The largest absolute Gasteiger partial charge is 0.396 e. The Kier molecular flexibility index (Phi) is 5.32. The van der Waals surface area contributed by atoms with Gasteiger partial charge in [0, 0.05) is 19.3 Å². The van der Waals surface area contributed by atoms with Crippen LogP contribution in [0, 0.1) is 0 Å². The lowest BCUT2D eigenvalue weighted by molar-refractivity contribution is 0.0903. The third kappa shape index (κ3) is 4.04. The van der Waals surface area contributed by atoms with E-state index in [9.17, 15) is 0 Å². The van der Waals surface area contributed by atoms with Crippen molar-refractivity contribution in [3.63, 3.8) is 0 Å². The van der Waals surface area contributed by atoms with Crippen LogP contribution in [0.15, 0.2) is 0 Å². The highest BCUT2D eigenvalue weighted by atomic mass is 16.5. The molecule has 0 radical (unpaired) electrons. The zero-order valence-corrected chi connectivity index (χ0v) is 7.59. The molecule has 0 spiro atoms. The van der Waals surface area contributed by atoms with Gasteiger partial charge in [-0.2, -0.15) is 0 Å². The van der Waals surface area contributed by atoms with E-state index in [2.05, 4.69) is 5.32 Å². The first kappa shape index (κ1) is 9.96. The fourth-order valence-corrected chi connectivity index (χ4v) is 1.46. The van der Waals surface area contributed by atoms with Gasteiger partial charge in [0.25, 0.3) is 0 Å². The Labute approximate surface area is 74.1 Å². The second kappa shape index (κ2) is 6.40. The van der Waals surface area contributed by atoms with Crippen LogP contribution in [0.4, 0.5) is 0 Å².